The Morgan fingerprint density at radius 3 is 2.56 bits per heavy atom. The summed E-state index contributed by atoms with van der Waals surface area (Å²) in [6, 6.07) is 13.9. The van der Waals surface area contributed by atoms with Crippen molar-refractivity contribution < 1.29 is 0 Å². The average molecular weight is 211 g/mol. The molecule has 3 nitrogen and oxygen atoms in total. The van der Waals surface area contributed by atoms with E-state index in [4.69, 9.17) is 5.73 Å². The predicted molar refractivity (Wildman–Crippen MR) is 66.3 cm³/mol. The van der Waals surface area contributed by atoms with Crippen LogP contribution in [0.1, 0.15) is 5.69 Å². The Morgan fingerprint density at radius 1 is 1.12 bits per heavy atom. The Balaban J connectivity index is 2.58. The highest BCUT2D eigenvalue weighted by Crippen LogP contribution is 2.21. The molecule has 1 aromatic carbocycles. The number of aliphatic imine (C=N–C) groups is 1. The molecule has 0 aliphatic rings. The Labute approximate surface area is 94.7 Å². The van der Waals surface area contributed by atoms with E-state index < -0.39 is 0 Å². The van der Waals surface area contributed by atoms with E-state index in [0.29, 0.717) is 5.84 Å². The highest BCUT2D eigenvalue weighted by Gasteiger charge is 2.07. The average Bonchev–Trinajstić information content (AvgIpc) is 2.39. The maximum absolute atomic E-state index is 5.82. The van der Waals surface area contributed by atoms with Crippen molar-refractivity contribution in [2.75, 3.05) is 7.05 Å². The Kier molecular flexibility index (Phi) is 2.96. The number of nitrogens with two attached hydrogens (primary N) is 1. The molecule has 2 rings (SSSR count). The largest absolute Gasteiger partial charge is 0.382 e. The second-order valence-electron chi connectivity index (χ2n) is 3.37. The fraction of sp³-hybridized carbons (Fsp3) is 0.0769. The summed E-state index contributed by atoms with van der Waals surface area (Å²) < 4.78 is 0. The van der Waals surface area contributed by atoms with Crippen molar-refractivity contribution in [2.45, 2.75) is 0 Å². The van der Waals surface area contributed by atoms with Gasteiger partial charge in [-0.1, -0.05) is 36.4 Å². The summed E-state index contributed by atoms with van der Waals surface area (Å²) in [6.45, 7) is 0. The van der Waals surface area contributed by atoms with Crippen molar-refractivity contribution in [3.05, 3.63) is 54.4 Å². The third kappa shape index (κ3) is 1.93. The van der Waals surface area contributed by atoms with Crippen LogP contribution >= 0.6 is 0 Å². The summed E-state index contributed by atoms with van der Waals surface area (Å²) in [5, 5.41) is 0. The zero-order valence-corrected chi connectivity index (χ0v) is 9.09. The molecule has 0 aliphatic heterocycles. The lowest BCUT2D eigenvalue weighted by Crippen LogP contribution is -2.16. The SMILES string of the molecule is CN=C(N)c1ncccc1-c1ccccc1. The van der Waals surface area contributed by atoms with E-state index in [1.165, 1.54) is 0 Å². The van der Waals surface area contributed by atoms with Gasteiger partial charge in [0.25, 0.3) is 0 Å². The number of pyridine rings is 1. The van der Waals surface area contributed by atoms with E-state index in [0.717, 1.165) is 16.8 Å². The van der Waals surface area contributed by atoms with E-state index in [-0.39, 0.29) is 0 Å². The molecular formula is C13H13N3. The Bertz CT molecular complexity index is 504. The van der Waals surface area contributed by atoms with Gasteiger partial charge in [-0.3, -0.25) is 9.98 Å². The maximum Gasteiger partial charge on any atom is 0.145 e. The molecule has 0 atom stereocenters. The van der Waals surface area contributed by atoms with Gasteiger partial charge < -0.3 is 5.73 Å². The molecule has 16 heavy (non-hydrogen) atoms. The lowest BCUT2D eigenvalue weighted by molar-refractivity contribution is 1.26. The van der Waals surface area contributed by atoms with Crippen molar-refractivity contribution in [1.29, 1.82) is 0 Å². The van der Waals surface area contributed by atoms with Gasteiger partial charge in [-0.05, 0) is 11.6 Å². The van der Waals surface area contributed by atoms with Crippen LogP contribution in [0.3, 0.4) is 0 Å². The number of amidine groups is 1. The third-order valence-electron chi connectivity index (χ3n) is 2.38. The van der Waals surface area contributed by atoms with Crippen molar-refractivity contribution >= 4 is 5.84 Å². The Morgan fingerprint density at radius 2 is 1.88 bits per heavy atom. The number of nitrogens with zero attached hydrogens (tertiary/aromatic N) is 2. The first kappa shape index (κ1) is 10.4. The van der Waals surface area contributed by atoms with Crippen LogP contribution in [0.2, 0.25) is 0 Å². The lowest BCUT2D eigenvalue weighted by atomic mass is 10.0. The van der Waals surface area contributed by atoms with E-state index in [2.05, 4.69) is 9.98 Å². The molecule has 3 heteroatoms. The quantitative estimate of drug-likeness (QED) is 0.610. The van der Waals surface area contributed by atoms with Crippen LogP contribution in [-0.2, 0) is 0 Å². The minimum absolute atomic E-state index is 0.458. The molecule has 1 heterocycles. The van der Waals surface area contributed by atoms with Crippen LogP contribution in [-0.4, -0.2) is 17.9 Å². The molecule has 0 bridgehead atoms. The predicted octanol–water partition coefficient (Wildman–Crippen LogP) is 2.08. The first-order valence-corrected chi connectivity index (χ1v) is 5.06. The van der Waals surface area contributed by atoms with E-state index in [1.54, 1.807) is 13.2 Å². The summed E-state index contributed by atoms with van der Waals surface area (Å²) in [4.78, 5) is 8.25. The van der Waals surface area contributed by atoms with Crippen molar-refractivity contribution in [3.63, 3.8) is 0 Å². The van der Waals surface area contributed by atoms with Crippen LogP contribution in [0.5, 0.6) is 0 Å². The fourth-order valence-electron chi connectivity index (χ4n) is 1.57. The van der Waals surface area contributed by atoms with Crippen molar-refractivity contribution in [1.82, 2.24) is 4.98 Å². The molecule has 0 saturated heterocycles. The topological polar surface area (TPSA) is 51.3 Å². The molecule has 0 fully saturated rings. The molecule has 80 valence electrons. The number of rotatable bonds is 2. The summed E-state index contributed by atoms with van der Waals surface area (Å²) in [5.74, 6) is 0.458. The van der Waals surface area contributed by atoms with E-state index in [1.807, 2.05) is 42.5 Å². The van der Waals surface area contributed by atoms with Gasteiger partial charge in [0.1, 0.15) is 11.5 Å². The fourth-order valence-corrected chi connectivity index (χ4v) is 1.57. The molecule has 0 unspecified atom stereocenters. The zero-order valence-electron chi connectivity index (χ0n) is 9.09. The van der Waals surface area contributed by atoms with Crippen LogP contribution in [0.25, 0.3) is 11.1 Å². The van der Waals surface area contributed by atoms with Gasteiger partial charge in [0.05, 0.1) is 0 Å². The second kappa shape index (κ2) is 4.57. The van der Waals surface area contributed by atoms with Crippen LogP contribution in [0.15, 0.2) is 53.7 Å². The number of hydrogen-bond acceptors (Lipinski definition) is 2. The smallest absolute Gasteiger partial charge is 0.145 e. The molecule has 0 amide bonds. The van der Waals surface area contributed by atoms with E-state index >= 15 is 0 Å². The van der Waals surface area contributed by atoms with Gasteiger partial charge in [0.15, 0.2) is 0 Å². The normalized spacial score (nSPS) is 11.4. The minimum atomic E-state index is 0.458. The summed E-state index contributed by atoms with van der Waals surface area (Å²) >= 11 is 0. The van der Waals surface area contributed by atoms with Crippen LogP contribution < -0.4 is 5.73 Å². The van der Waals surface area contributed by atoms with Gasteiger partial charge in [0.2, 0.25) is 0 Å². The second-order valence-corrected chi connectivity index (χ2v) is 3.37. The summed E-state index contributed by atoms with van der Waals surface area (Å²) in [7, 11) is 1.67. The van der Waals surface area contributed by atoms with E-state index in [9.17, 15) is 0 Å². The molecule has 0 spiro atoms. The number of aromatic nitrogens is 1. The maximum atomic E-state index is 5.82. The van der Waals surface area contributed by atoms with Crippen molar-refractivity contribution in [2.24, 2.45) is 10.7 Å². The highest BCUT2D eigenvalue weighted by atomic mass is 14.9. The summed E-state index contributed by atoms with van der Waals surface area (Å²) in [5.41, 5.74) is 8.65. The lowest BCUT2D eigenvalue weighted by Gasteiger charge is -2.07. The minimum Gasteiger partial charge on any atom is -0.382 e. The van der Waals surface area contributed by atoms with Gasteiger partial charge in [0, 0.05) is 18.8 Å². The van der Waals surface area contributed by atoms with Crippen LogP contribution in [0, 0.1) is 0 Å². The van der Waals surface area contributed by atoms with Gasteiger partial charge in [-0.15, -0.1) is 0 Å². The number of benzene rings is 1. The third-order valence-corrected chi connectivity index (χ3v) is 2.38. The van der Waals surface area contributed by atoms with Gasteiger partial charge in [-0.25, -0.2) is 0 Å². The van der Waals surface area contributed by atoms with Gasteiger partial charge in [-0.2, -0.15) is 0 Å². The number of hydrogen-bond donors (Lipinski definition) is 1. The molecule has 0 saturated carbocycles. The molecular weight excluding hydrogens is 198 g/mol. The van der Waals surface area contributed by atoms with Crippen molar-refractivity contribution in [3.8, 4) is 11.1 Å². The molecule has 2 N–H and O–H groups in total. The molecule has 1 aromatic heterocycles. The first-order chi connectivity index (χ1) is 7.83. The molecule has 2 aromatic rings. The standard InChI is InChI=1S/C13H13N3/c1-15-13(14)12-11(8-5-9-16-12)10-6-3-2-4-7-10/h2-9H,1H3,(H2,14,15). The Hall–Kier alpha value is -2.16. The monoisotopic (exact) mass is 211 g/mol. The highest BCUT2D eigenvalue weighted by molar-refractivity contribution is 6.01. The van der Waals surface area contributed by atoms with Crippen LogP contribution in [0.4, 0.5) is 0 Å². The molecule has 0 radical (unpaired) electrons. The summed E-state index contributed by atoms with van der Waals surface area (Å²) in [6.07, 6.45) is 1.72. The van der Waals surface area contributed by atoms with Gasteiger partial charge >= 0.3 is 0 Å². The molecule has 0 aliphatic carbocycles. The zero-order chi connectivity index (χ0) is 11.4. The first-order valence-electron chi connectivity index (χ1n) is 5.06.